The molecule has 0 atom stereocenters. The molecule has 0 nitrogen and oxygen atoms in total. The van der Waals surface area contributed by atoms with Gasteiger partial charge in [0, 0.05) is 6.42 Å². The van der Waals surface area contributed by atoms with Crippen molar-refractivity contribution in [1.29, 1.82) is 0 Å². The van der Waals surface area contributed by atoms with Gasteiger partial charge in [0.2, 0.25) is 0 Å². The lowest BCUT2D eigenvalue weighted by atomic mass is 10.1. The average Bonchev–Trinajstić information content (AvgIpc) is 2.85. The van der Waals surface area contributed by atoms with Crippen molar-refractivity contribution in [3.63, 3.8) is 0 Å². The van der Waals surface area contributed by atoms with Crippen molar-refractivity contribution >= 4 is 0 Å². The van der Waals surface area contributed by atoms with Crippen LogP contribution in [0.5, 0.6) is 0 Å². The van der Waals surface area contributed by atoms with Gasteiger partial charge in [-0.05, 0) is 28.7 Å². The molecular formula is C17H15F5. The highest BCUT2D eigenvalue weighted by Crippen LogP contribution is 2.37. The van der Waals surface area contributed by atoms with Gasteiger partial charge < -0.3 is 0 Å². The minimum atomic E-state index is -5.39. The first-order chi connectivity index (χ1) is 10.3. The van der Waals surface area contributed by atoms with Gasteiger partial charge in [-0.3, -0.25) is 0 Å². The molecule has 118 valence electrons. The van der Waals surface area contributed by atoms with E-state index >= 15 is 0 Å². The van der Waals surface area contributed by atoms with Crippen LogP contribution in [0.2, 0.25) is 0 Å². The van der Waals surface area contributed by atoms with Gasteiger partial charge in [0.05, 0.1) is 0 Å². The van der Waals surface area contributed by atoms with Crippen LogP contribution >= 0.6 is 0 Å². The summed E-state index contributed by atoms with van der Waals surface area (Å²) in [5, 5.41) is 0. The van der Waals surface area contributed by atoms with Crippen molar-refractivity contribution in [2.24, 2.45) is 0 Å². The van der Waals surface area contributed by atoms with Crippen molar-refractivity contribution in [2.45, 2.75) is 31.9 Å². The summed E-state index contributed by atoms with van der Waals surface area (Å²) in [6.07, 6.45) is -5.48. The molecule has 0 heterocycles. The molecular weight excluding hydrogens is 299 g/mol. The fraction of sp³-hybridized carbons (Fsp3) is 0.294. The van der Waals surface area contributed by atoms with Crippen molar-refractivity contribution in [1.82, 2.24) is 0 Å². The zero-order valence-electron chi connectivity index (χ0n) is 11.9. The van der Waals surface area contributed by atoms with E-state index in [2.05, 4.69) is 48.5 Å². The fourth-order valence-corrected chi connectivity index (χ4v) is 2.28. The molecule has 1 aliphatic rings. The molecule has 3 rings (SSSR count). The van der Waals surface area contributed by atoms with Crippen molar-refractivity contribution in [3.8, 4) is 11.1 Å². The molecule has 0 amide bonds. The first-order valence-electron chi connectivity index (χ1n) is 6.87. The Bertz CT molecular complexity index is 600. The highest BCUT2D eigenvalue weighted by atomic mass is 19.4. The SMILES string of the molecule is CCC(F)(F)C(F)(F)F.c1ccc2c(c1)Cc1ccccc1-2. The molecule has 0 saturated carbocycles. The summed E-state index contributed by atoms with van der Waals surface area (Å²) in [6.45, 7) is 0.785. The molecule has 5 heteroatoms. The third-order valence-electron chi connectivity index (χ3n) is 3.56. The number of benzene rings is 2. The van der Waals surface area contributed by atoms with Crippen LogP contribution in [0.4, 0.5) is 22.0 Å². The predicted molar refractivity (Wildman–Crippen MR) is 76.0 cm³/mol. The predicted octanol–water partition coefficient (Wildman–Crippen LogP) is 5.85. The summed E-state index contributed by atoms with van der Waals surface area (Å²) in [5.41, 5.74) is 5.75. The Morgan fingerprint density at radius 1 is 0.773 bits per heavy atom. The number of alkyl halides is 5. The minimum absolute atomic E-state index is 0.785. The molecule has 0 aromatic heterocycles. The summed E-state index contributed by atoms with van der Waals surface area (Å²) in [6, 6.07) is 17.3. The molecule has 0 radical (unpaired) electrons. The quantitative estimate of drug-likeness (QED) is 0.494. The lowest BCUT2D eigenvalue weighted by molar-refractivity contribution is -0.282. The van der Waals surface area contributed by atoms with Gasteiger partial charge in [0.1, 0.15) is 0 Å². The second kappa shape index (κ2) is 6.07. The largest absolute Gasteiger partial charge is 0.453 e. The van der Waals surface area contributed by atoms with Gasteiger partial charge >= 0.3 is 12.1 Å². The lowest BCUT2D eigenvalue weighted by Crippen LogP contribution is -2.35. The maximum atomic E-state index is 11.5. The van der Waals surface area contributed by atoms with Crippen molar-refractivity contribution in [3.05, 3.63) is 59.7 Å². The van der Waals surface area contributed by atoms with E-state index in [-0.39, 0.29) is 0 Å². The number of fused-ring (bicyclic) bond motifs is 3. The Morgan fingerprint density at radius 2 is 1.18 bits per heavy atom. The smallest absolute Gasteiger partial charge is 0.196 e. The van der Waals surface area contributed by atoms with Crippen LogP contribution in [0.3, 0.4) is 0 Å². The van der Waals surface area contributed by atoms with Crippen LogP contribution in [0.15, 0.2) is 48.5 Å². The number of halogens is 5. The van der Waals surface area contributed by atoms with Crippen LogP contribution < -0.4 is 0 Å². The van der Waals surface area contributed by atoms with E-state index in [4.69, 9.17) is 0 Å². The van der Waals surface area contributed by atoms with Crippen LogP contribution in [-0.2, 0) is 6.42 Å². The number of rotatable bonds is 1. The molecule has 0 N–H and O–H groups in total. The summed E-state index contributed by atoms with van der Waals surface area (Å²) >= 11 is 0. The van der Waals surface area contributed by atoms with Crippen molar-refractivity contribution < 1.29 is 22.0 Å². The third kappa shape index (κ3) is 3.29. The van der Waals surface area contributed by atoms with E-state index in [1.165, 1.54) is 22.3 Å². The first-order valence-corrected chi connectivity index (χ1v) is 6.87. The average molecular weight is 314 g/mol. The zero-order valence-corrected chi connectivity index (χ0v) is 11.9. The van der Waals surface area contributed by atoms with Crippen molar-refractivity contribution in [2.75, 3.05) is 0 Å². The van der Waals surface area contributed by atoms with E-state index in [1.54, 1.807) is 0 Å². The highest BCUT2D eigenvalue weighted by molar-refractivity contribution is 5.76. The maximum absolute atomic E-state index is 11.5. The standard InChI is InChI=1S/C13H10.C4H5F5/c1-3-7-12-10(5-1)9-11-6-2-4-8-13(11)12;1-2-3(5,6)4(7,8)9/h1-8H,9H2;2H2,1H3. The normalized spacial score (nSPS) is 13.0. The molecule has 2 aromatic carbocycles. The Morgan fingerprint density at radius 3 is 1.50 bits per heavy atom. The maximum Gasteiger partial charge on any atom is 0.453 e. The highest BCUT2D eigenvalue weighted by Gasteiger charge is 2.55. The second-order valence-corrected chi connectivity index (χ2v) is 5.05. The van der Waals surface area contributed by atoms with E-state index in [0.717, 1.165) is 13.3 Å². The summed E-state index contributed by atoms with van der Waals surface area (Å²) in [5.74, 6) is -4.52. The van der Waals surface area contributed by atoms with E-state index < -0.39 is 18.5 Å². The van der Waals surface area contributed by atoms with Gasteiger partial charge in [-0.2, -0.15) is 22.0 Å². The van der Waals surface area contributed by atoms with Gasteiger partial charge in [-0.1, -0.05) is 55.5 Å². The van der Waals surface area contributed by atoms with Crippen LogP contribution in [0, 0.1) is 0 Å². The van der Waals surface area contributed by atoms with Gasteiger partial charge in [0.15, 0.2) is 0 Å². The van der Waals surface area contributed by atoms with E-state index in [9.17, 15) is 22.0 Å². The summed E-state index contributed by atoms with van der Waals surface area (Å²) in [7, 11) is 0. The number of hydrogen-bond donors (Lipinski definition) is 0. The minimum Gasteiger partial charge on any atom is -0.196 e. The summed E-state index contributed by atoms with van der Waals surface area (Å²) < 4.78 is 56.3. The molecule has 0 fully saturated rings. The molecule has 0 saturated heterocycles. The zero-order chi connectivity index (χ0) is 16.4. The van der Waals surface area contributed by atoms with Gasteiger partial charge in [0.25, 0.3) is 0 Å². The summed E-state index contributed by atoms with van der Waals surface area (Å²) in [4.78, 5) is 0. The molecule has 1 aliphatic carbocycles. The Kier molecular flexibility index (Phi) is 4.54. The first kappa shape index (κ1) is 16.5. The Hall–Kier alpha value is -1.91. The van der Waals surface area contributed by atoms with Crippen LogP contribution in [0.25, 0.3) is 11.1 Å². The molecule has 0 unspecified atom stereocenters. The van der Waals surface area contributed by atoms with E-state index in [1.807, 2.05) is 0 Å². The molecule has 22 heavy (non-hydrogen) atoms. The Balaban J connectivity index is 0.000000175. The topological polar surface area (TPSA) is 0 Å². The second-order valence-electron chi connectivity index (χ2n) is 5.05. The molecule has 0 aliphatic heterocycles. The molecule has 2 aromatic rings. The van der Waals surface area contributed by atoms with Crippen LogP contribution in [-0.4, -0.2) is 12.1 Å². The lowest BCUT2D eigenvalue weighted by Gasteiger charge is -2.16. The third-order valence-corrected chi connectivity index (χ3v) is 3.56. The monoisotopic (exact) mass is 314 g/mol. The van der Waals surface area contributed by atoms with Gasteiger partial charge in [-0.15, -0.1) is 0 Å². The number of hydrogen-bond acceptors (Lipinski definition) is 0. The Labute approximate surface area is 125 Å². The fourth-order valence-electron chi connectivity index (χ4n) is 2.28. The molecule has 0 bridgehead atoms. The van der Waals surface area contributed by atoms with Crippen LogP contribution in [0.1, 0.15) is 24.5 Å². The molecule has 0 spiro atoms. The van der Waals surface area contributed by atoms with Gasteiger partial charge in [-0.25, -0.2) is 0 Å². The van der Waals surface area contributed by atoms with E-state index in [0.29, 0.717) is 0 Å².